The molecule has 2 amide bonds. The van der Waals surface area contributed by atoms with Crippen molar-refractivity contribution in [3.8, 4) is 11.6 Å². The third-order valence-electron chi connectivity index (χ3n) is 3.30. The van der Waals surface area contributed by atoms with Crippen LogP contribution < -0.4 is 14.8 Å². The average Bonchev–Trinajstić information content (AvgIpc) is 2.70. The monoisotopic (exact) mass is 412 g/mol. The zero-order chi connectivity index (χ0) is 21.4. The lowest BCUT2D eigenvalue weighted by atomic mass is 10.2. The summed E-state index contributed by atoms with van der Waals surface area (Å²) in [4.78, 5) is 39.1. The first-order chi connectivity index (χ1) is 13.7. The maximum atomic E-state index is 12.1. The van der Waals surface area contributed by atoms with Gasteiger partial charge in [0.05, 0.1) is 12.7 Å². The predicted octanol–water partition coefficient (Wildman–Crippen LogP) is 2.14. The second-order valence-corrected chi connectivity index (χ2v) is 5.47. The highest BCUT2D eigenvalue weighted by Gasteiger charge is 2.28. The molecule has 0 spiro atoms. The number of nitrogens with zero attached hydrogens (tertiary/aromatic N) is 1. The molecule has 0 aliphatic heterocycles. The van der Waals surface area contributed by atoms with Crippen LogP contribution in [0.2, 0.25) is 0 Å². The Labute approximate surface area is 162 Å². The highest BCUT2D eigenvalue weighted by Crippen LogP contribution is 2.17. The molecule has 0 fully saturated rings. The number of rotatable bonds is 7. The Bertz CT molecular complexity index is 867. The first-order valence-corrected chi connectivity index (χ1v) is 7.99. The van der Waals surface area contributed by atoms with Crippen molar-refractivity contribution in [2.45, 2.75) is 6.18 Å². The van der Waals surface area contributed by atoms with E-state index >= 15 is 0 Å². The van der Waals surface area contributed by atoms with Crippen molar-refractivity contribution >= 4 is 17.8 Å². The quantitative estimate of drug-likeness (QED) is 0.695. The van der Waals surface area contributed by atoms with Crippen LogP contribution in [0.3, 0.4) is 0 Å². The number of ether oxygens (including phenoxy) is 3. The minimum absolute atomic E-state index is 0.112. The number of aromatic nitrogens is 1. The van der Waals surface area contributed by atoms with Crippen molar-refractivity contribution in [2.24, 2.45) is 0 Å². The SMILES string of the molecule is COc1ccc(C(=O)NC(=O)COC(=O)c2ccc(OCC(F)(F)F)nc2)cc1. The van der Waals surface area contributed by atoms with Crippen LogP contribution >= 0.6 is 0 Å². The molecular weight excluding hydrogens is 397 g/mol. The summed E-state index contributed by atoms with van der Waals surface area (Å²) in [6, 6.07) is 8.14. The molecule has 29 heavy (non-hydrogen) atoms. The number of methoxy groups -OCH3 is 1. The van der Waals surface area contributed by atoms with Gasteiger partial charge in [-0.05, 0) is 30.3 Å². The lowest BCUT2D eigenvalue weighted by Crippen LogP contribution is -2.34. The summed E-state index contributed by atoms with van der Waals surface area (Å²) in [5, 5.41) is 2.04. The molecule has 0 saturated carbocycles. The number of esters is 1. The molecule has 11 heteroatoms. The maximum Gasteiger partial charge on any atom is 0.422 e. The number of imide groups is 1. The van der Waals surface area contributed by atoms with E-state index in [1.807, 2.05) is 5.32 Å². The molecule has 1 N–H and O–H groups in total. The van der Waals surface area contributed by atoms with Gasteiger partial charge in [0, 0.05) is 17.8 Å². The van der Waals surface area contributed by atoms with Gasteiger partial charge in [0.1, 0.15) is 5.75 Å². The fraction of sp³-hybridized carbons (Fsp3) is 0.222. The van der Waals surface area contributed by atoms with Crippen molar-refractivity contribution in [1.29, 1.82) is 0 Å². The third kappa shape index (κ3) is 7.13. The van der Waals surface area contributed by atoms with Crippen LogP contribution in [-0.2, 0) is 9.53 Å². The Morgan fingerprint density at radius 2 is 1.69 bits per heavy atom. The van der Waals surface area contributed by atoms with Crippen LogP contribution in [0.1, 0.15) is 20.7 Å². The Hall–Kier alpha value is -3.63. The standard InChI is InChI=1S/C18H15F3N2O6/c1-27-13-5-2-11(3-6-13)16(25)23-14(24)9-28-17(26)12-4-7-15(22-8-12)29-10-18(19,20)21/h2-8H,9-10H2,1H3,(H,23,24,25). The van der Waals surface area contributed by atoms with Crippen LogP contribution in [0.25, 0.3) is 0 Å². The van der Waals surface area contributed by atoms with Gasteiger partial charge in [-0.25, -0.2) is 9.78 Å². The summed E-state index contributed by atoms with van der Waals surface area (Å²) in [6.45, 7) is -2.26. The molecule has 0 aliphatic rings. The van der Waals surface area contributed by atoms with E-state index in [0.717, 1.165) is 18.3 Å². The molecule has 1 heterocycles. The van der Waals surface area contributed by atoms with Crippen LogP contribution in [0, 0.1) is 0 Å². The van der Waals surface area contributed by atoms with E-state index in [-0.39, 0.29) is 17.0 Å². The summed E-state index contributed by atoms with van der Waals surface area (Å²) in [5.41, 5.74) is 0.0859. The lowest BCUT2D eigenvalue weighted by molar-refractivity contribution is -0.154. The topological polar surface area (TPSA) is 104 Å². The van der Waals surface area contributed by atoms with Gasteiger partial charge < -0.3 is 14.2 Å². The van der Waals surface area contributed by atoms with Crippen molar-refractivity contribution in [3.05, 3.63) is 53.7 Å². The molecule has 0 bridgehead atoms. The van der Waals surface area contributed by atoms with E-state index in [4.69, 9.17) is 9.47 Å². The van der Waals surface area contributed by atoms with Crippen LogP contribution in [0.5, 0.6) is 11.6 Å². The number of carbonyl (C=O) groups excluding carboxylic acids is 3. The first kappa shape index (κ1) is 21.7. The van der Waals surface area contributed by atoms with Gasteiger partial charge in [0.15, 0.2) is 13.2 Å². The van der Waals surface area contributed by atoms with Crippen LogP contribution in [0.15, 0.2) is 42.6 Å². The van der Waals surface area contributed by atoms with Crippen molar-refractivity contribution in [1.82, 2.24) is 10.3 Å². The first-order valence-electron chi connectivity index (χ1n) is 7.99. The Morgan fingerprint density at radius 1 is 1.03 bits per heavy atom. The van der Waals surface area contributed by atoms with Gasteiger partial charge >= 0.3 is 12.1 Å². The number of pyridine rings is 1. The summed E-state index contributed by atoms with van der Waals surface area (Å²) in [6.07, 6.45) is -3.58. The molecule has 0 radical (unpaired) electrons. The van der Waals surface area contributed by atoms with E-state index in [9.17, 15) is 27.6 Å². The highest BCUT2D eigenvalue weighted by molar-refractivity contribution is 6.05. The largest absolute Gasteiger partial charge is 0.497 e. The molecule has 0 saturated heterocycles. The summed E-state index contributed by atoms with van der Waals surface area (Å²) >= 11 is 0. The number of nitrogens with one attached hydrogen (secondary N) is 1. The van der Waals surface area contributed by atoms with Crippen molar-refractivity contribution in [2.75, 3.05) is 20.3 Å². The molecule has 8 nitrogen and oxygen atoms in total. The lowest BCUT2D eigenvalue weighted by Gasteiger charge is -2.09. The summed E-state index contributed by atoms with van der Waals surface area (Å²) < 4.78 is 50.3. The van der Waals surface area contributed by atoms with E-state index in [0.29, 0.717) is 5.75 Å². The van der Waals surface area contributed by atoms with E-state index in [1.54, 1.807) is 0 Å². The van der Waals surface area contributed by atoms with E-state index < -0.39 is 37.2 Å². The van der Waals surface area contributed by atoms with E-state index in [1.165, 1.54) is 31.4 Å². The number of alkyl halides is 3. The number of hydrogen-bond acceptors (Lipinski definition) is 7. The minimum atomic E-state index is -4.52. The minimum Gasteiger partial charge on any atom is -0.497 e. The number of benzene rings is 1. The number of hydrogen-bond donors (Lipinski definition) is 1. The van der Waals surface area contributed by atoms with Gasteiger partial charge in [0.2, 0.25) is 5.88 Å². The molecule has 0 atom stereocenters. The molecular formula is C18H15F3N2O6. The molecule has 0 unspecified atom stereocenters. The van der Waals surface area contributed by atoms with Gasteiger partial charge in [-0.3, -0.25) is 14.9 Å². The van der Waals surface area contributed by atoms with Crippen LogP contribution in [0.4, 0.5) is 13.2 Å². The number of carbonyl (C=O) groups is 3. The molecule has 2 rings (SSSR count). The second kappa shape index (κ2) is 9.53. The van der Waals surface area contributed by atoms with Gasteiger partial charge in [-0.1, -0.05) is 0 Å². The Kier molecular flexibility index (Phi) is 7.12. The zero-order valence-electron chi connectivity index (χ0n) is 15.0. The molecule has 2 aromatic rings. The Balaban J connectivity index is 1.81. The van der Waals surface area contributed by atoms with Crippen molar-refractivity contribution < 1.29 is 41.8 Å². The van der Waals surface area contributed by atoms with Gasteiger partial charge in [-0.2, -0.15) is 13.2 Å². The predicted molar refractivity (Wildman–Crippen MR) is 91.5 cm³/mol. The fourth-order valence-electron chi connectivity index (χ4n) is 1.93. The average molecular weight is 412 g/mol. The zero-order valence-corrected chi connectivity index (χ0v) is 15.0. The van der Waals surface area contributed by atoms with Gasteiger partial charge in [0.25, 0.3) is 11.8 Å². The van der Waals surface area contributed by atoms with Crippen molar-refractivity contribution in [3.63, 3.8) is 0 Å². The summed E-state index contributed by atoms with van der Waals surface area (Å²) in [7, 11) is 1.46. The molecule has 1 aromatic carbocycles. The smallest absolute Gasteiger partial charge is 0.422 e. The molecule has 1 aromatic heterocycles. The van der Waals surface area contributed by atoms with E-state index in [2.05, 4.69) is 9.72 Å². The Morgan fingerprint density at radius 3 is 2.24 bits per heavy atom. The third-order valence-corrected chi connectivity index (χ3v) is 3.30. The van der Waals surface area contributed by atoms with Gasteiger partial charge in [-0.15, -0.1) is 0 Å². The second-order valence-electron chi connectivity index (χ2n) is 5.47. The summed E-state index contributed by atoms with van der Waals surface area (Å²) in [5.74, 6) is -2.31. The number of amides is 2. The molecule has 154 valence electrons. The maximum absolute atomic E-state index is 12.1. The molecule has 0 aliphatic carbocycles. The fourth-order valence-corrected chi connectivity index (χ4v) is 1.93. The highest BCUT2D eigenvalue weighted by atomic mass is 19.4. The normalized spacial score (nSPS) is 10.8. The van der Waals surface area contributed by atoms with Crippen LogP contribution in [-0.4, -0.2) is 49.3 Å². The number of halogens is 3.